The van der Waals surface area contributed by atoms with Crippen LogP contribution in [0.15, 0.2) is 48.8 Å². The van der Waals surface area contributed by atoms with Crippen LogP contribution in [0.5, 0.6) is 0 Å². The van der Waals surface area contributed by atoms with E-state index in [4.69, 9.17) is 9.97 Å². The zero-order valence-corrected chi connectivity index (χ0v) is 17.6. The summed E-state index contributed by atoms with van der Waals surface area (Å²) in [5.74, 6) is 2.05. The Balaban J connectivity index is 1.57. The molecule has 1 saturated carbocycles. The summed E-state index contributed by atoms with van der Waals surface area (Å²) in [4.78, 5) is 19.0. The van der Waals surface area contributed by atoms with Gasteiger partial charge in [0.15, 0.2) is 0 Å². The molecule has 1 aliphatic carbocycles. The van der Waals surface area contributed by atoms with Crippen molar-refractivity contribution in [3.8, 4) is 22.6 Å². The second-order valence-electron chi connectivity index (χ2n) is 8.87. The maximum atomic E-state index is 10.2. The summed E-state index contributed by atoms with van der Waals surface area (Å²) in [6, 6.07) is 12.4. The van der Waals surface area contributed by atoms with Crippen molar-refractivity contribution in [1.82, 2.24) is 24.5 Å². The number of fused-ring (bicyclic) bond motifs is 4. The van der Waals surface area contributed by atoms with Crippen LogP contribution in [0.4, 0.5) is 0 Å². The lowest BCUT2D eigenvalue weighted by atomic mass is 9.74. The number of benzene rings is 1. The predicted octanol–water partition coefficient (Wildman–Crippen LogP) is 4.51. The average Bonchev–Trinajstić information content (AvgIpc) is 3.18. The molecule has 1 N–H and O–H groups in total. The fourth-order valence-electron chi connectivity index (χ4n) is 5.43. The molecular formula is C25H25N5O. The molecule has 6 heteroatoms. The standard InChI is InChI=1S/C25H25N5O/c1-15-3-2-4-21(28-15)23-24(17-5-8-20-22(14-17)27-11-10-26-20)30-12-9-16-13-18(31)6-7-19(16)25(30)29-23/h2-5,8,10-11,14,16,18-19,31H,6-7,9,12-13H2,1H3/t16-,18-,19-/m0/s1. The fourth-order valence-corrected chi connectivity index (χ4v) is 5.43. The lowest BCUT2D eigenvalue weighted by Crippen LogP contribution is -2.32. The highest BCUT2D eigenvalue weighted by atomic mass is 16.3. The van der Waals surface area contributed by atoms with Crippen LogP contribution in [0.2, 0.25) is 0 Å². The molecule has 3 aromatic heterocycles. The molecule has 0 saturated heterocycles. The molecule has 4 heterocycles. The first kappa shape index (κ1) is 18.6. The van der Waals surface area contributed by atoms with E-state index >= 15 is 0 Å². The van der Waals surface area contributed by atoms with E-state index in [2.05, 4.69) is 26.7 Å². The number of hydrogen-bond donors (Lipinski definition) is 1. The number of aliphatic hydroxyl groups is 1. The van der Waals surface area contributed by atoms with Crippen molar-refractivity contribution in [2.45, 2.75) is 51.2 Å². The van der Waals surface area contributed by atoms with Gasteiger partial charge in [0.2, 0.25) is 0 Å². The number of imidazole rings is 1. The Hall–Kier alpha value is -3.12. The van der Waals surface area contributed by atoms with Crippen molar-refractivity contribution in [3.05, 3.63) is 60.3 Å². The third kappa shape index (κ3) is 3.13. The van der Waals surface area contributed by atoms with Crippen LogP contribution in [-0.2, 0) is 6.54 Å². The van der Waals surface area contributed by atoms with Crippen molar-refractivity contribution in [1.29, 1.82) is 0 Å². The Morgan fingerprint density at radius 2 is 1.84 bits per heavy atom. The highest BCUT2D eigenvalue weighted by molar-refractivity contribution is 5.85. The largest absolute Gasteiger partial charge is 0.393 e. The molecular weight excluding hydrogens is 386 g/mol. The van der Waals surface area contributed by atoms with Gasteiger partial charge in [0.1, 0.15) is 11.5 Å². The van der Waals surface area contributed by atoms with Crippen LogP contribution in [0.1, 0.15) is 43.1 Å². The van der Waals surface area contributed by atoms with Crippen molar-refractivity contribution in [2.24, 2.45) is 5.92 Å². The molecule has 31 heavy (non-hydrogen) atoms. The molecule has 0 spiro atoms. The maximum Gasteiger partial charge on any atom is 0.115 e. The molecule has 1 fully saturated rings. The van der Waals surface area contributed by atoms with Crippen LogP contribution in [-0.4, -0.2) is 35.7 Å². The summed E-state index contributed by atoms with van der Waals surface area (Å²) in [5.41, 5.74) is 6.81. The van der Waals surface area contributed by atoms with Gasteiger partial charge in [0.05, 0.1) is 28.5 Å². The van der Waals surface area contributed by atoms with E-state index in [0.29, 0.717) is 11.8 Å². The molecule has 1 aromatic carbocycles. The van der Waals surface area contributed by atoms with Crippen molar-refractivity contribution < 1.29 is 5.11 Å². The van der Waals surface area contributed by atoms with E-state index in [1.165, 1.54) is 0 Å². The molecule has 0 amide bonds. The first-order chi connectivity index (χ1) is 15.2. The number of aryl methyl sites for hydroxylation is 1. The normalized spacial score (nSPS) is 22.8. The zero-order valence-electron chi connectivity index (χ0n) is 17.6. The third-order valence-corrected chi connectivity index (χ3v) is 6.88. The lowest BCUT2D eigenvalue weighted by molar-refractivity contribution is 0.0750. The van der Waals surface area contributed by atoms with Gasteiger partial charge in [-0.1, -0.05) is 12.1 Å². The second-order valence-corrected chi connectivity index (χ2v) is 8.87. The highest BCUT2D eigenvalue weighted by Crippen LogP contribution is 2.46. The Kier molecular flexibility index (Phi) is 4.35. The van der Waals surface area contributed by atoms with Gasteiger partial charge < -0.3 is 9.67 Å². The number of hydrogen-bond acceptors (Lipinski definition) is 5. The summed E-state index contributed by atoms with van der Waals surface area (Å²) in [7, 11) is 0. The summed E-state index contributed by atoms with van der Waals surface area (Å²) >= 11 is 0. The van der Waals surface area contributed by atoms with E-state index in [9.17, 15) is 5.11 Å². The molecule has 4 aromatic rings. The Morgan fingerprint density at radius 3 is 2.71 bits per heavy atom. The second kappa shape index (κ2) is 7.24. The van der Waals surface area contributed by atoms with Gasteiger partial charge in [-0.3, -0.25) is 15.0 Å². The third-order valence-electron chi connectivity index (χ3n) is 6.88. The number of aliphatic hydroxyl groups excluding tert-OH is 1. The Labute approximate surface area is 181 Å². The topological polar surface area (TPSA) is 76.7 Å². The zero-order chi connectivity index (χ0) is 20.9. The number of pyridine rings is 1. The molecule has 6 rings (SSSR count). The minimum absolute atomic E-state index is 0.167. The molecule has 1 aliphatic heterocycles. The van der Waals surface area contributed by atoms with Gasteiger partial charge in [-0.15, -0.1) is 0 Å². The molecule has 3 atom stereocenters. The van der Waals surface area contributed by atoms with Gasteiger partial charge in [-0.25, -0.2) is 4.98 Å². The summed E-state index contributed by atoms with van der Waals surface area (Å²) in [6.45, 7) is 2.93. The fraction of sp³-hybridized carbons (Fsp3) is 0.360. The number of nitrogens with zero attached hydrogens (tertiary/aromatic N) is 5. The smallest absolute Gasteiger partial charge is 0.115 e. The quantitative estimate of drug-likeness (QED) is 0.525. The van der Waals surface area contributed by atoms with Crippen LogP contribution >= 0.6 is 0 Å². The maximum absolute atomic E-state index is 10.2. The predicted molar refractivity (Wildman–Crippen MR) is 119 cm³/mol. The minimum Gasteiger partial charge on any atom is -0.393 e. The summed E-state index contributed by atoms with van der Waals surface area (Å²) < 4.78 is 2.40. The number of aromatic nitrogens is 5. The van der Waals surface area contributed by atoms with E-state index in [0.717, 1.165) is 77.4 Å². The van der Waals surface area contributed by atoms with E-state index < -0.39 is 0 Å². The first-order valence-corrected chi connectivity index (χ1v) is 11.1. The van der Waals surface area contributed by atoms with Gasteiger partial charge in [-0.2, -0.15) is 0 Å². The van der Waals surface area contributed by atoms with Crippen LogP contribution in [0.3, 0.4) is 0 Å². The van der Waals surface area contributed by atoms with Gasteiger partial charge in [0, 0.05) is 36.1 Å². The highest BCUT2D eigenvalue weighted by Gasteiger charge is 2.38. The van der Waals surface area contributed by atoms with E-state index in [-0.39, 0.29) is 6.10 Å². The van der Waals surface area contributed by atoms with Crippen LogP contribution in [0.25, 0.3) is 33.7 Å². The van der Waals surface area contributed by atoms with Crippen molar-refractivity contribution in [2.75, 3.05) is 0 Å². The Bertz CT molecular complexity index is 1280. The van der Waals surface area contributed by atoms with Crippen LogP contribution in [0, 0.1) is 12.8 Å². The summed E-state index contributed by atoms with van der Waals surface area (Å²) in [5, 5.41) is 10.2. The van der Waals surface area contributed by atoms with Crippen molar-refractivity contribution >= 4 is 11.0 Å². The Morgan fingerprint density at radius 1 is 0.968 bits per heavy atom. The SMILES string of the molecule is Cc1cccc(-c2nc3n(c2-c2ccc4nccnc4c2)CC[C@H]2C[C@@H](O)CC[C@H]32)n1. The summed E-state index contributed by atoms with van der Waals surface area (Å²) in [6.07, 6.45) is 7.10. The molecule has 0 unspecified atom stereocenters. The monoisotopic (exact) mass is 411 g/mol. The van der Waals surface area contributed by atoms with Gasteiger partial charge >= 0.3 is 0 Å². The first-order valence-electron chi connectivity index (χ1n) is 11.1. The van der Waals surface area contributed by atoms with E-state index in [1.54, 1.807) is 12.4 Å². The van der Waals surface area contributed by atoms with Gasteiger partial charge in [-0.05, 0) is 62.8 Å². The van der Waals surface area contributed by atoms with Crippen molar-refractivity contribution in [3.63, 3.8) is 0 Å². The molecule has 6 nitrogen and oxygen atoms in total. The minimum atomic E-state index is -0.167. The van der Waals surface area contributed by atoms with Crippen LogP contribution < -0.4 is 0 Å². The molecule has 2 aliphatic rings. The molecule has 0 radical (unpaired) electrons. The number of rotatable bonds is 2. The average molecular weight is 412 g/mol. The molecule has 0 bridgehead atoms. The van der Waals surface area contributed by atoms with Gasteiger partial charge in [0.25, 0.3) is 0 Å². The van der Waals surface area contributed by atoms with E-state index in [1.807, 2.05) is 31.2 Å². The lowest BCUT2D eigenvalue weighted by Gasteiger charge is -2.38. The molecule has 156 valence electrons.